The second-order valence-corrected chi connectivity index (χ2v) is 1.90. The van der Waals surface area contributed by atoms with Crippen LogP contribution in [-0.2, 0) is 0 Å². The molecule has 1 rings (SSSR count). The minimum Gasteiger partial charge on any atom is -0.387 e. The highest BCUT2D eigenvalue weighted by Gasteiger charge is 1.98. The van der Waals surface area contributed by atoms with Crippen LogP contribution in [0.25, 0.3) is 0 Å². The molecule has 0 bridgehead atoms. The molecule has 0 aromatic rings. The minimum atomic E-state index is -0.0258. The number of rotatable bonds is 1. The zero-order chi connectivity index (χ0) is 6.69. The highest BCUT2D eigenvalue weighted by Crippen LogP contribution is 1.94. The second-order valence-electron chi connectivity index (χ2n) is 1.90. The lowest BCUT2D eigenvalue weighted by molar-refractivity contribution is 0.711. The average molecular weight is 125 g/mol. The molecule has 0 aromatic carbocycles. The molecule has 50 valence electrons. The first kappa shape index (κ1) is 6.16. The van der Waals surface area contributed by atoms with Gasteiger partial charge in [-0.15, -0.1) is 0 Å². The van der Waals surface area contributed by atoms with Gasteiger partial charge < -0.3 is 16.4 Å². The molecule has 3 nitrogen and oxygen atoms in total. The molecule has 0 aromatic heterocycles. The van der Waals surface area contributed by atoms with Gasteiger partial charge in [-0.3, -0.25) is 0 Å². The van der Waals surface area contributed by atoms with Crippen molar-refractivity contribution in [3.05, 3.63) is 24.0 Å². The van der Waals surface area contributed by atoms with E-state index in [1.54, 1.807) is 0 Å². The van der Waals surface area contributed by atoms with Gasteiger partial charge in [-0.2, -0.15) is 0 Å². The van der Waals surface area contributed by atoms with Crippen molar-refractivity contribution in [2.45, 2.75) is 6.17 Å². The van der Waals surface area contributed by atoms with E-state index in [0.717, 1.165) is 5.70 Å². The fraction of sp³-hybridized carbons (Fsp3) is 0.333. The third-order valence-corrected chi connectivity index (χ3v) is 1.20. The lowest BCUT2D eigenvalue weighted by atomic mass is 10.3. The molecular weight excluding hydrogens is 114 g/mol. The van der Waals surface area contributed by atoms with Gasteiger partial charge in [0.1, 0.15) is 0 Å². The topological polar surface area (TPSA) is 50.1 Å². The molecule has 3 heteroatoms. The maximum absolute atomic E-state index is 5.48. The van der Waals surface area contributed by atoms with E-state index in [1.807, 2.05) is 25.4 Å². The molecule has 9 heavy (non-hydrogen) atoms. The van der Waals surface area contributed by atoms with Gasteiger partial charge in [0.05, 0.1) is 6.17 Å². The fourth-order valence-corrected chi connectivity index (χ4v) is 0.653. The van der Waals surface area contributed by atoms with Crippen LogP contribution < -0.4 is 16.4 Å². The van der Waals surface area contributed by atoms with E-state index in [-0.39, 0.29) is 6.17 Å². The Kier molecular flexibility index (Phi) is 1.75. The molecule has 0 saturated heterocycles. The van der Waals surface area contributed by atoms with Crippen LogP contribution in [0.3, 0.4) is 0 Å². The number of nitrogens with two attached hydrogens (primary N) is 1. The molecule has 1 aliphatic heterocycles. The summed E-state index contributed by atoms with van der Waals surface area (Å²) in [5.41, 5.74) is 6.53. The van der Waals surface area contributed by atoms with E-state index >= 15 is 0 Å². The van der Waals surface area contributed by atoms with E-state index in [1.165, 1.54) is 0 Å². The molecule has 0 aliphatic carbocycles. The summed E-state index contributed by atoms with van der Waals surface area (Å²) in [6.07, 6.45) is 5.67. The van der Waals surface area contributed by atoms with Crippen LogP contribution in [0, 0.1) is 0 Å². The predicted molar refractivity (Wildman–Crippen MR) is 37.4 cm³/mol. The largest absolute Gasteiger partial charge is 0.387 e. The number of dihydropyridines is 1. The standard InChI is InChI=1S/C6H11N3/c1-8-5-2-3-6(7)9-4-5/h2-4,6,8-9H,7H2,1H3. The summed E-state index contributed by atoms with van der Waals surface area (Å²) in [7, 11) is 1.87. The van der Waals surface area contributed by atoms with Gasteiger partial charge in [0.15, 0.2) is 0 Å². The second kappa shape index (κ2) is 2.55. The molecule has 1 aliphatic rings. The van der Waals surface area contributed by atoms with E-state index in [9.17, 15) is 0 Å². The van der Waals surface area contributed by atoms with Crippen molar-refractivity contribution in [3.63, 3.8) is 0 Å². The predicted octanol–water partition coefficient (Wildman–Crippen LogP) is -0.509. The van der Waals surface area contributed by atoms with Crippen molar-refractivity contribution >= 4 is 0 Å². The first-order valence-electron chi connectivity index (χ1n) is 2.90. The quantitative estimate of drug-likeness (QED) is 0.442. The summed E-state index contributed by atoms with van der Waals surface area (Å²) in [6.45, 7) is 0. The summed E-state index contributed by atoms with van der Waals surface area (Å²) in [4.78, 5) is 0. The zero-order valence-electron chi connectivity index (χ0n) is 5.39. The molecular formula is C6H11N3. The van der Waals surface area contributed by atoms with Crippen molar-refractivity contribution in [3.8, 4) is 0 Å². The highest BCUT2D eigenvalue weighted by atomic mass is 15.0. The average Bonchev–Trinajstić information content (AvgIpc) is 1.90. The van der Waals surface area contributed by atoms with E-state index in [4.69, 9.17) is 5.73 Å². The van der Waals surface area contributed by atoms with Gasteiger partial charge >= 0.3 is 0 Å². The molecule has 0 radical (unpaired) electrons. The third-order valence-electron chi connectivity index (χ3n) is 1.20. The number of likely N-dealkylation sites (N-methyl/N-ethyl adjacent to an activating group) is 1. The van der Waals surface area contributed by atoms with Crippen molar-refractivity contribution < 1.29 is 0 Å². The van der Waals surface area contributed by atoms with Crippen LogP contribution in [0.1, 0.15) is 0 Å². The highest BCUT2D eigenvalue weighted by molar-refractivity contribution is 5.21. The summed E-state index contributed by atoms with van der Waals surface area (Å²) >= 11 is 0. The Morgan fingerprint density at radius 3 is 3.00 bits per heavy atom. The van der Waals surface area contributed by atoms with Gasteiger partial charge in [-0.05, 0) is 12.2 Å². The summed E-state index contributed by atoms with van der Waals surface area (Å²) in [6, 6.07) is 0. The van der Waals surface area contributed by atoms with Crippen LogP contribution in [0.4, 0.5) is 0 Å². The molecule has 0 saturated carbocycles. The first-order chi connectivity index (χ1) is 4.33. The van der Waals surface area contributed by atoms with Crippen molar-refractivity contribution in [2.24, 2.45) is 5.73 Å². The number of hydrogen-bond donors (Lipinski definition) is 3. The molecule has 0 fully saturated rings. The van der Waals surface area contributed by atoms with Gasteiger partial charge in [-0.25, -0.2) is 0 Å². The molecule has 0 spiro atoms. The Hall–Kier alpha value is -0.960. The molecule has 4 N–H and O–H groups in total. The lowest BCUT2D eigenvalue weighted by Gasteiger charge is -2.13. The van der Waals surface area contributed by atoms with Crippen molar-refractivity contribution in [1.29, 1.82) is 0 Å². The Bertz CT molecular complexity index is 148. The van der Waals surface area contributed by atoms with Gasteiger partial charge in [0.2, 0.25) is 0 Å². The van der Waals surface area contributed by atoms with Crippen LogP contribution in [0.2, 0.25) is 0 Å². The summed E-state index contributed by atoms with van der Waals surface area (Å²) in [5, 5.41) is 5.93. The Balaban J connectivity index is 2.52. The molecule has 0 amide bonds. The van der Waals surface area contributed by atoms with Crippen LogP contribution >= 0.6 is 0 Å². The Labute approximate surface area is 54.6 Å². The van der Waals surface area contributed by atoms with Gasteiger partial charge in [-0.1, -0.05) is 0 Å². The number of nitrogens with one attached hydrogen (secondary N) is 2. The maximum atomic E-state index is 5.48. The summed E-state index contributed by atoms with van der Waals surface area (Å²) < 4.78 is 0. The lowest BCUT2D eigenvalue weighted by Crippen LogP contribution is -2.34. The zero-order valence-corrected chi connectivity index (χ0v) is 5.39. The SMILES string of the molecule is CNC1=CNC(N)C=C1. The molecule has 1 atom stereocenters. The van der Waals surface area contributed by atoms with E-state index in [0.29, 0.717) is 0 Å². The van der Waals surface area contributed by atoms with Crippen molar-refractivity contribution in [2.75, 3.05) is 7.05 Å². The normalized spacial score (nSPS) is 24.7. The van der Waals surface area contributed by atoms with Crippen molar-refractivity contribution in [1.82, 2.24) is 10.6 Å². The Morgan fingerprint density at radius 2 is 2.56 bits per heavy atom. The fourth-order valence-electron chi connectivity index (χ4n) is 0.653. The Morgan fingerprint density at radius 1 is 1.78 bits per heavy atom. The molecule has 1 unspecified atom stereocenters. The third kappa shape index (κ3) is 1.47. The van der Waals surface area contributed by atoms with E-state index < -0.39 is 0 Å². The van der Waals surface area contributed by atoms with Gasteiger partial charge in [0.25, 0.3) is 0 Å². The summed E-state index contributed by atoms with van der Waals surface area (Å²) in [5.74, 6) is 0. The van der Waals surface area contributed by atoms with Crippen LogP contribution in [-0.4, -0.2) is 13.2 Å². The first-order valence-corrected chi connectivity index (χ1v) is 2.90. The minimum absolute atomic E-state index is 0.0258. The maximum Gasteiger partial charge on any atom is 0.0935 e. The van der Waals surface area contributed by atoms with Crippen LogP contribution in [0.5, 0.6) is 0 Å². The number of hydrogen-bond acceptors (Lipinski definition) is 3. The van der Waals surface area contributed by atoms with Crippen LogP contribution in [0.15, 0.2) is 24.0 Å². The monoisotopic (exact) mass is 125 g/mol. The van der Waals surface area contributed by atoms with E-state index in [2.05, 4.69) is 10.6 Å². The molecule has 1 heterocycles. The van der Waals surface area contributed by atoms with Gasteiger partial charge in [0, 0.05) is 18.9 Å². The number of allylic oxidation sites excluding steroid dienone is 1. The smallest absolute Gasteiger partial charge is 0.0935 e.